The average Bonchev–Trinajstić information content (AvgIpc) is 3.85. The van der Waals surface area contributed by atoms with Crippen molar-refractivity contribution in [1.82, 2.24) is 5.06 Å². The van der Waals surface area contributed by atoms with Gasteiger partial charge in [-0.1, -0.05) is 6.08 Å². The van der Waals surface area contributed by atoms with Gasteiger partial charge in [0.15, 0.2) is 12.3 Å². The Morgan fingerprint density at radius 3 is 1.82 bits per heavy atom. The SMILES string of the molecule is COCCOCCOCC[N+]1=C(/C=C/C=C2/N(CCOCCOCCOCCC(=O)ON3C(=O)CCC3=O)c3ccc(S(=O)(=O)O)cc3C2(C)CCOC)C(C)(CCCS(=O)(=O)O)c2cc(S(=O)(=O)O)ccc21. The molecule has 2 aromatic rings. The lowest BCUT2D eigenvalue weighted by molar-refractivity contribution is -0.442. The number of rotatable bonds is 33. The highest BCUT2D eigenvalue weighted by atomic mass is 32.2. The molecule has 3 aliphatic heterocycles. The number of allylic oxidation sites excluding steroid dienone is 4. The van der Waals surface area contributed by atoms with Crippen LogP contribution in [0, 0.1) is 0 Å². The van der Waals surface area contributed by atoms with E-state index >= 15 is 0 Å². The van der Waals surface area contributed by atoms with E-state index in [1.807, 2.05) is 35.5 Å². The molecule has 1 fully saturated rings. The van der Waals surface area contributed by atoms with E-state index in [2.05, 4.69) is 0 Å². The maximum absolute atomic E-state index is 12.5. The lowest BCUT2D eigenvalue weighted by atomic mass is 9.75. The smallest absolute Gasteiger partial charge is 0.335 e. The molecule has 2 amide bonds. The number of hydroxylamine groups is 2. The number of methoxy groups -OCH3 is 2. The molecule has 0 saturated carbocycles. The van der Waals surface area contributed by atoms with Gasteiger partial charge >= 0.3 is 5.97 Å². The highest BCUT2D eigenvalue weighted by Crippen LogP contribution is 2.51. The zero-order valence-electron chi connectivity index (χ0n) is 41.4. The second-order valence-corrected chi connectivity index (χ2v) is 22.0. The summed E-state index contributed by atoms with van der Waals surface area (Å²) in [5.41, 5.74) is 1.60. The number of ether oxygens (including phenoxy) is 7. The standard InChI is InChI=1S/C47H65N3O20S3/c1-46(16-6-32-71(54,55)56)37-33-35(72(57,58)59)9-11-39(37)48(18-22-66-27-30-68-25-24-64-4)41(46)7-5-8-42-47(2,17-21-63-3)38-34-36(73(60,61)62)10-12-40(38)49(42)19-23-67-28-31-69-29-26-65-20-15-45(53)70-50-43(51)13-14-44(50)52/h5,7-12,33-34H,6,13-32H2,1-4H3,(H2-,54,55,56,57,58,59,60,61,62)/p+1. The minimum absolute atomic E-state index is 0.00855. The molecule has 0 aromatic heterocycles. The predicted molar refractivity (Wildman–Crippen MR) is 261 cm³/mol. The number of nitrogens with zero attached hydrogens (tertiary/aromatic N) is 3. The second kappa shape index (κ2) is 26.8. The van der Waals surface area contributed by atoms with Gasteiger partial charge in [0.05, 0.1) is 93.4 Å². The minimum atomic E-state index is -4.67. The summed E-state index contributed by atoms with van der Waals surface area (Å²) >= 11 is 0. The molecule has 0 bridgehead atoms. The number of amides is 2. The number of hydrogen-bond acceptors (Lipinski definition) is 18. The van der Waals surface area contributed by atoms with Crippen LogP contribution in [0.4, 0.5) is 11.4 Å². The third kappa shape index (κ3) is 16.2. The third-order valence-corrected chi connectivity index (χ3v) is 15.0. The first kappa shape index (κ1) is 59.3. The maximum Gasteiger partial charge on any atom is 0.335 e. The van der Waals surface area contributed by atoms with Crippen molar-refractivity contribution in [1.29, 1.82) is 0 Å². The van der Waals surface area contributed by atoms with Crippen LogP contribution in [0.5, 0.6) is 0 Å². The van der Waals surface area contributed by atoms with Crippen LogP contribution >= 0.6 is 0 Å². The van der Waals surface area contributed by atoms with Gasteiger partial charge in [0.1, 0.15) is 6.61 Å². The Morgan fingerprint density at radius 1 is 0.685 bits per heavy atom. The van der Waals surface area contributed by atoms with Crippen LogP contribution in [0.25, 0.3) is 0 Å². The van der Waals surface area contributed by atoms with Crippen molar-refractivity contribution in [3.63, 3.8) is 0 Å². The van der Waals surface area contributed by atoms with Crippen molar-refractivity contribution >= 4 is 65.2 Å². The van der Waals surface area contributed by atoms with Crippen LogP contribution in [0.15, 0.2) is 70.1 Å². The van der Waals surface area contributed by atoms with E-state index in [1.165, 1.54) is 31.4 Å². The number of carbonyl (C=O) groups is 3. The summed E-state index contributed by atoms with van der Waals surface area (Å²) in [6.07, 6.45) is 5.71. The molecular formula is C47H66N3O20S3+. The fourth-order valence-corrected chi connectivity index (χ4v) is 10.3. The summed E-state index contributed by atoms with van der Waals surface area (Å²) in [5, 5.41) is 0.475. The van der Waals surface area contributed by atoms with Crippen molar-refractivity contribution in [3.05, 3.63) is 71.5 Å². The highest BCUT2D eigenvalue weighted by molar-refractivity contribution is 7.86. The third-order valence-electron chi connectivity index (χ3n) is 12.5. The minimum Gasteiger partial charge on any atom is -0.385 e. The van der Waals surface area contributed by atoms with Crippen molar-refractivity contribution in [2.45, 2.75) is 73.0 Å². The zero-order chi connectivity index (χ0) is 53.5. The van der Waals surface area contributed by atoms with Crippen LogP contribution < -0.4 is 4.90 Å². The molecule has 1 saturated heterocycles. The van der Waals surface area contributed by atoms with Gasteiger partial charge in [0, 0.05) is 74.7 Å². The topological polar surface area (TPSA) is 298 Å². The van der Waals surface area contributed by atoms with E-state index in [0.717, 1.165) is 0 Å². The number of carbonyl (C=O) groups excluding carboxylic acids is 3. The second-order valence-electron chi connectivity index (χ2n) is 17.6. The van der Waals surface area contributed by atoms with Crippen molar-refractivity contribution in [2.75, 3.05) is 117 Å². The average molecular weight is 1090 g/mol. The molecule has 2 aromatic carbocycles. The molecule has 3 heterocycles. The van der Waals surface area contributed by atoms with Gasteiger partial charge in [-0.3, -0.25) is 23.2 Å². The molecule has 2 atom stereocenters. The Bertz CT molecular complexity index is 2690. The Balaban J connectivity index is 1.39. The molecule has 3 N–H and O–H groups in total. The largest absolute Gasteiger partial charge is 0.385 e. The lowest BCUT2D eigenvalue weighted by Gasteiger charge is -2.30. The molecule has 0 radical (unpaired) electrons. The summed E-state index contributed by atoms with van der Waals surface area (Å²) in [6, 6.07) is 8.53. The summed E-state index contributed by atoms with van der Waals surface area (Å²) in [4.78, 5) is 41.4. The predicted octanol–water partition coefficient (Wildman–Crippen LogP) is 3.19. The molecule has 3 aliphatic rings. The van der Waals surface area contributed by atoms with Gasteiger partial charge in [-0.05, 0) is 75.1 Å². The summed E-state index contributed by atoms with van der Waals surface area (Å²) < 4.78 is 145. The molecular weight excluding hydrogens is 1020 g/mol. The normalized spacial score (nSPS) is 19.8. The Hall–Kier alpha value is -4.55. The van der Waals surface area contributed by atoms with Crippen LogP contribution in [0.3, 0.4) is 0 Å². The molecule has 406 valence electrons. The van der Waals surface area contributed by atoms with E-state index < -0.39 is 64.7 Å². The van der Waals surface area contributed by atoms with Crippen molar-refractivity contribution < 1.29 is 95.9 Å². The quantitative estimate of drug-likeness (QED) is 0.0400. The number of anilines is 1. The molecule has 73 heavy (non-hydrogen) atoms. The first-order valence-electron chi connectivity index (χ1n) is 23.5. The number of fused-ring (bicyclic) bond motifs is 2. The fraction of sp³-hybridized carbons (Fsp3) is 0.574. The van der Waals surface area contributed by atoms with Crippen LogP contribution in [-0.2, 0) is 93.6 Å². The molecule has 26 heteroatoms. The summed E-state index contributed by atoms with van der Waals surface area (Å²) in [6.45, 7) is 6.89. The van der Waals surface area contributed by atoms with Crippen molar-refractivity contribution in [3.8, 4) is 0 Å². The van der Waals surface area contributed by atoms with Gasteiger partial charge < -0.3 is 42.9 Å². The molecule has 0 aliphatic carbocycles. The van der Waals surface area contributed by atoms with Crippen LogP contribution in [-0.4, -0.2) is 184 Å². The zero-order valence-corrected chi connectivity index (χ0v) is 43.8. The maximum atomic E-state index is 12.5. The van der Waals surface area contributed by atoms with E-state index in [9.17, 15) is 53.3 Å². The van der Waals surface area contributed by atoms with Gasteiger partial charge in [-0.25, -0.2) is 4.79 Å². The Morgan fingerprint density at radius 2 is 1.23 bits per heavy atom. The van der Waals surface area contributed by atoms with Gasteiger partial charge in [0.2, 0.25) is 5.69 Å². The van der Waals surface area contributed by atoms with Crippen LogP contribution in [0.2, 0.25) is 0 Å². The van der Waals surface area contributed by atoms with Gasteiger partial charge in [0.25, 0.3) is 42.2 Å². The van der Waals surface area contributed by atoms with Gasteiger partial charge in [-0.2, -0.15) is 29.8 Å². The first-order valence-corrected chi connectivity index (χ1v) is 28.0. The number of imide groups is 1. The molecule has 0 spiro atoms. The highest BCUT2D eigenvalue weighted by Gasteiger charge is 2.49. The Kier molecular flexibility index (Phi) is 21.8. The lowest BCUT2D eigenvalue weighted by Crippen LogP contribution is -2.33. The Labute approximate surface area is 426 Å². The number of hydrogen-bond donors (Lipinski definition) is 3. The molecule has 5 rings (SSSR count). The first-order chi connectivity index (χ1) is 34.5. The van der Waals surface area contributed by atoms with Crippen molar-refractivity contribution in [2.24, 2.45) is 0 Å². The summed E-state index contributed by atoms with van der Waals surface area (Å²) in [5.74, 6) is -2.50. The van der Waals surface area contributed by atoms with E-state index in [-0.39, 0.29) is 114 Å². The van der Waals surface area contributed by atoms with E-state index in [0.29, 0.717) is 65.2 Å². The summed E-state index contributed by atoms with van der Waals surface area (Å²) in [7, 11) is -10.6. The van der Waals surface area contributed by atoms with Crippen LogP contribution in [0.1, 0.15) is 63.5 Å². The molecule has 23 nitrogen and oxygen atoms in total. The number of benzene rings is 2. The molecule has 2 unspecified atom stereocenters. The van der Waals surface area contributed by atoms with E-state index in [1.54, 1.807) is 25.3 Å². The van der Waals surface area contributed by atoms with Gasteiger partial charge in [-0.15, -0.1) is 5.06 Å². The monoisotopic (exact) mass is 1090 g/mol. The van der Waals surface area contributed by atoms with E-state index in [4.69, 9.17) is 38.0 Å². The fourth-order valence-electron chi connectivity index (χ4n) is 8.82.